The minimum atomic E-state index is -0.228. The van der Waals surface area contributed by atoms with Gasteiger partial charge < -0.3 is 14.7 Å². The Bertz CT molecular complexity index is 727. The molecule has 0 amide bonds. The number of fused-ring (bicyclic) bond motifs is 3. The maximum atomic E-state index is 11.3. The minimum absolute atomic E-state index is 0.228. The van der Waals surface area contributed by atoms with Gasteiger partial charge in [-0.05, 0) is 12.1 Å². The third-order valence-electron chi connectivity index (χ3n) is 2.56. The van der Waals surface area contributed by atoms with Crippen LogP contribution in [0.3, 0.4) is 0 Å². The number of hydrogen-bond acceptors (Lipinski definition) is 3. The predicted octanol–water partition coefficient (Wildman–Crippen LogP) is 1.41. The highest BCUT2D eigenvalue weighted by atomic mass is 16.5. The molecule has 3 aromatic rings. The highest BCUT2D eigenvalue weighted by Crippen LogP contribution is 2.28. The third-order valence-corrected chi connectivity index (χ3v) is 2.56. The molecule has 0 saturated heterocycles. The number of nitrogens with zero attached hydrogens (tertiary/aromatic N) is 1. The molecule has 2 heterocycles. The fourth-order valence-corrected chi connectivity index (χ4v) is 1.88. The molecule has 3 rings (SSSR count). The molecule has 5 heteroatoms. The van der Waals surface area contributed by atoms with Crippen LogP contribution in [0.15, 0.2) is 29.2 Å². The first kappa shape index (κ1) is 8.96. The zero-order chi connectivity index (χ0) is 11.1. The van der Waals surface area contributed by atoms with Crippen LogP contribution in [0.4, 0.5) is 0 Å². The molecule has 0 aliphatic rings. The van der Waals surface area contributed by atoms with E-state index in [1.54, 1.807) is 19.4 Å². The van der Waals surface area contributed by atoms with Crippen LogP contribution >= 0.6 is 0 Å². The Kier molecular flexibility index (Phi) is 1.73. The van der Waals surface area contributed by atoms with Crippen molar-refractivity contribution in [2.24, 2.45) is 0 Å². The molecule has 0 radical (unpaired) electrons. The van der Waals surface area contributed by atoms with Crippen molar-refractivity contribution in [3.05, 3.63) is 34.9 Å². The Balaban J connectivity index is 2.61. The van der Waals surface area contributed by atoms with Gasteiger partial charge in [-0.25, -0.2) is 4.79 Å². The average molecular weight is 215 g/mol. The summed E-state index contributed by atoms with van der Waals surface area (Å²) in [6, 6.07) is 5.49. The Morgan fingerprint density at radius 1 is 1.38 bits per heavy atom. The zero-order valence-electron chi connectivity index (χ0n) is 8.57. The SMILES string of the molecule is COc1cc2[nH]c(=O)[nH]c2c2cccnc12. The van der Waals surface area contributed by atoms with Crippen LogP contribution in [-0.2, 0) is 0 Å². The number of ether oxygens (including phenoxy) is 1. The number of nitrogens with one attached hydrogen (secondary N) is 2. The summed E-state index contributed by atoms with van der Waals surface area (Å²) in [6.07, 6.45) is 1.70. The van der Waals surface area contributed by atoms with Crippen molar-refractivity contribution in [2.45, 2.75) is 0 Å². The van der Waals surface area contributed by atoms with E-state index in [9.17, 15) is 4.79 Å². The number of imidazole rings is 1. The number of methoxy groups -OCH3 is 1. The smallest absolute Gasteiger partial charge is 0.323 e. The van der Waals surface area contributed by atoms with Gasteiger partial charge in [-0.15, -0.1) is 0 Å². The van der Waals surface area contributed by atoms with Crippen molar-refractivity contribution >= 4 is 21.9 Å². The molecule has 5 nitrogen and oxygen atoms in total. The number of pyridine rings is 1. The van der Waals surface area contributed by atoms with Crippen molar-refractivity contribution in [1.29, 1.82) is 0 Å². The molecule has 0 aliphatic heterocycles. The van der Waals surface area contributed by atoms with Crippen LogP contribution in [0.5, 0.6) is 5.75 Å². The van der Waals surface area contributed by atoms with Crippen LogP contribution in [0.2, 0.25) is 0 Å². The van der Waals surface area contributed by atoms with E-state index in [2.05, 4.69) is 15.0 Å². The Morgan fingerprint density at radius 3 is 3.06 bits per heavy atom. The summed E-state index contributed by atoms with van der Waals surface area (Å²) < 4.78 is 5.25. The van der Waals surface area contributed by atoms with Gasteiger partial charge in [0, 0.05) is 17.6 Å². The average Bonchev–Trinajstić information content (AvgIpc) is 2.68. The van der Waals surface area contributed by atoms with Crippen LogP contribution in [0, 0.1) is 0 Å². The summed E-state index contributed by atoms with van der Waals surface area (Å²) in [6.45, 7) is 0. The van der Waals surface area contributed by atoms with Crippen molar-refractivity contribution in [3.8, 4) is 5.75 Å². The lowest BCUT2D eigenvalue weighted by Gasteiger charge is -2.04. The number of H-pyrrole nitrogens is 2. The van der Waals surface area contributed by atoms with E-state index in [1.807, 2.05) is 12.1 Å². The summed E-state index contributed by atoms with van der Waals surface area (Å²) in [4.78, 5) is 21.0. The van der Waals surface area contributed by atoms with Gasteiger partial charge in [-0.1, -0.05) is 0 Å². The summed E-state index contributed by atoms with van der Waals surface area (Å²) in [5.41, 5.74) is 2.00. The van der Waals surface area contributed by atoms with Crippen LogP contribution in [0.1, 0.15) is 0 Å². The van der Waals surface area contributed by atoms with Crippen LogP contribution in [0.25, 0.3) is 21.9 Å². The Labute approximate surface area is 90.1 Å². The van der Waals surface area contributed by atoms with Crippen molar-refractivity contribution in [1.82, 2.24) is 15.0 Å². The molecule has 2 aromatic heterocycles. The number of rotatable bonds is 1. The van der Waals surface area contributed by atoms with Crippen molar-refractivity contribution < 1.29 is 4.74 Å². The van der Waals surface area contributed by atoms with Gasteiger partial charge >= 0.3 is 5.69 Å². The monoisotopic (exact) mass is 215 g/mol. The molecule has 0 saturated carbocycles. The molecule has 0 atom stereocenters. The number of hydrogen-bond donors (Lipinski definition) is 2. The molecule has 0 unspecified atom stereocenters. The van der Waals surface area contributed by atoms with Gasteiger partial charge in [-0.2, -0.15) is 0 Å². The molecule has 0 bridgehead atoms. The summed E-state index contributed by atoms with van der Waals surface area (Å²) in [7, 11) is 1.58. The molecule has 0 fully saturated rings. The van der Waals surface area contributed by atoms with Gasteiger partial charge in [0.15, 0.2) is 0 Å². The van der Waals surface area contributed by atoms with Crippen molar-refractivity contribution in [2.75, 3.05) is 7.11 Å². The number of aromatic nitrogens is 3. The van der Waals surface area contributed by atoms with E-state index in [0.717, 1.165) is 21.9 Å². The molecule has 1 aromatic carbocycles. The third kappa shape index (κ3) is 1.11. The van der Waals surface area contributed by atoms with E-state index in [1.165, 1.54) is 0 Å². The van der Waals surface area contributed by atoms with Gasteiger partial charge in [0.25, 0.3) is 0 Å². The summed E-state index contributed by atoms with van der Waals surface area (Å²) in [5, 5.41) is 0.871. The van der Waals surface area contributed by atoms with Crippen molar-refractivity contribution in [3.63, 3.8) is 0 Å². The van der Waals surface area contributed by atoms with Gasteiger partial charge in [0.1, 0.15) is 11.3 Å². The lowest BCUT2D eigenvalue weighted by Crippen LogP contribution is -1.99. The second kappa shape index (κ2) is 3.10. The second-order valence-corrected chi connectivity index (χ2v) is 3.48. The van der Waals surface area contributed by atoms with E-state index in [-0.39, 0.29) is 5.69 Å². The molecule has 2 N–H and O–H groups in total. The summed E-state index contributed by atoms with van der Waals surface area (Å²) >= 11 is 0. The Hall–Kier alpha value is -2.30. The lowest BCUT2D eigenvalue weighted by atomic mass is 10.1. The van der Waals surface area contributed by atoms with Crippen LogP contribution < -0.4 is 10.4 Å². The molecule has 80 valence electrons. The molecule has 0 spiro atoms. The molecule has 16 heavy (non-hydrogen) atoms. The maximum absolute atomic E-state index is 11.3. The topological polar surface area (TPSA) is 70.8 Å². The normalized spacial score (nSPS) is 11.1. The summed E-state index contributed by atoms with van der Waals surface area (Å²) in [5.74, 6) is 0.651. The fourth-order valence-electron chi connectivity index (χ4n) is 1.88. The number of aromatic amines is 2. The molecule has 0 aliphatic carbocycles. The molecular weight excluding hydrogens is 206 g/mol. The van der Waals surface area contributed by atoms with Gasteiger partial charge in [0.2, 0.25) is 0 Å². The van der Waals surface area contributed by atoms with Gasteiger partial charge in [-0.3, -0.25) is 4.98 Å². The zero-order valence-corrected chi connectivity index (χ0v) is 8.57. The second-order valence-electron chi connectivity index (χ2n) is 3.48. The predicted molar refractivity (Wildman–Crippen MR) is 60.8 cm³/mol. The molecular formula is C11H9N3O2. The first-order valence-electron chi connectivity index (χ1n) is 4.83. The first-order chi connectivity index (χ1) is 7.79. The van der Waals surface area contributed by atoms with E-state index < -0.39 is 0 Å². The highest BCUT2D eigenvalue weighted by molar-refractivity contribution is 6.05. The van der Waals surface area contributed by atoms with E-state index >= 15 is 0 Å². The van der Waals surface area contributed by atoms with E-state index in [4.69, 9.17) is 4.74 Å². The maximum Gasteiger partial charge on any atom is 0.323 e. The quantitative estimate of drug-likeness (QED) is 0.644. The standard InChI is InChI=1S/C11H9N3O2/c1-16-8-5-7-9(14-11(15)13-7)6-3-2-4-12-10(6)8/h2-5H,1H3,(H2,13,14,15). The highest BCUT2D eigenvalue weighted by Gasteiger charge is 2.09. The number of benzene rings is 1. The van der Waals surface area contributed by atoms with E-state index in [0.29, 0.717) is 5.75 Å². The fraction of sp³-hybridized carbons (Fsp3) is 0.0909. The lowest BCUT2D eigenvalue weighted by molar-refractivity contribution is 0.419. The van der Waals surface area contributed by atoms with Gasteiger partial charge in [0.05, 0.1) is 18.1 Å². The minimum Gasteiger partial charge on any atom is -0.494 e. The van der Waals surface area contributed by atoms with Crippen LogP contribution in [-0.4, -0.2) is 22.1 Å². The Morgan fingerprint density at radius 2 is 2.25 bits per heavy atom. The largest absolute Gasteiger partial charge is 0.494 e. The first-order valence-corrected chi connectivity index (χ1v) is 4.83.